The van der Waals surface area contributed by atoms with Gasteiger partial charge < -0.3 is 14.7 Å². The van der Waals surface area contributed by atoms with Crippen LogP contribution in [0.5, 0.6) is 0 Å². The normalized spacial score (nSPS) is 16.1. The number of pyridine rings is 1. The van der Waals surface area contributed by atoms with Gasteiger partial charge in [-0.15, -0.1) is 0 Å². The number of carbonyl (C=O) groups is 1. The van der Waals surface area contributed by atoms with E-state index in [1.54, 1.807) is 23.2 Å². The van der Waals surface area contributed by atoms with E-state index >= 15 is 0 Å². The van der Waals surface area contributed by atoms with Crippen molar-refractivity contribution in [2.45, 2.75) is 6.17 Å². The van der Waals surface area contributed by atoms with Crippen molar-refractivity contribution in [1.29, 1.82) is 5.26 Å². The van der Waals surface area contributed by atoms with Crippen LogP contribution in [0.15, 0.2) is 54.7 Å². The van der Waals surface area contributed by atoms with E-state index in [2.05, 4.69) is 33.0 Å². The summed E-state index contributed by atoms with van der Waals surface area (Å²) in [5.41, 5.74) is 4.03. The minimum atomic E-state index is -0.882. The van der Waals surface area contributed by atoms with Crippen LogP contribution in [0.2, 0.25) is 0 Å². The summed E-state index contributed by atoms with van der Waals surface area (Å²) in [5.74, 6) is -0.345. The average molecular weight is 560 g/mol. The van der Waals surface area contributed by atoms with E-state index in [4.69, 9.17) is 4.98 Å². The predicted octanol–water partition coefficient (Wildman–Crippen LogP) is 4.44. The number of piperazine rings is 1. The Bertz CT molecular complexity index is 1590. The van der Waals surface area contributed by atoms with Gasteiger partial charge in [-0.25, -0.2) is 13.8 Å². The molecule has 6 rings (SSSR count). The summed E-state index contributed by atoms with van der Waals surface area (Å²) in [5, 5.41) is 11.3. The van der Waals surface area contributed by atoms with Gasteiger partial charge in [0.1, 0.15) is 28.6 Å². The summed E-state index contributed by atoms with van der Waals surface area (Å²) in [6, 6.07) is 16.3. The van der Waals surface area contributed by atoms with E-state index in [-0.39, 0.29) is 24.8 Å². The minimum absolute atomic E-state index is 0.00358. The predicted molar refractivity (Wildman–Crippen MR) is 152 cm³/mol. The molecule has 4 aromatic rings. The van der Waals surface area contributed by atoms with Crippen LogP contribution < -0.4 is 9.80 Å². The van der Waals surface area contributed by atoms with Gasteiger partial charge >= 0.3 is 0 Å². The van der Waals surface area contributed by atoms with Crippen LogP contribution in [0, 0.1) is 17.1 Å². The molecule has 2 aliphatic heterocycles. The van der Waals surface area contributed by atoms with Crippen LogP contribution in [-0.4, -0.2) is 84.7 Å². The molecule has 2 fully saturated rings. The third-order valence-corrected chi connectivity index (χ3v) is 8.51. The standard InChI is InChI=1S/C29H27F2N7OS/c1-35(29-34-28(26(15-32)40-29)19-2-4-20(30)5-3-19)25-8-9-33-24-7-6-22(14-23(24)25)37-12-10-36(11-13-37)18-27(39)38-16-21(31)17-38/h2-9,14,21H,10-13,16-18H2,1H3. The highest BCUT2D eigenvalue weighted by Crippen LogP contribution is 2.38. The lowest BCUT2D eigenvalue weighted by Crippen LogP contribution is -2.56. The molecule has 2 aromatic heterocycles. The number of aromatic nitrogens is 2. The molecule has 0 aliphatic carbocycles. The Labute approximate surface area is 234 Å². The zero-order chi connectivity index (χ0) is 27.8. The van der Waals surface area contributed by atoms with Gasteiger partial charge in [-0.3, -0.25) is 14.7 Å². The quantitative estimate of drug-likeness (QED) is 0.346. The number of amides is 1. The highest BCUT2D eigenvalue weighted by molar-refractivity contribution is 7.16. The largest absolute Gasteiger partial charge is 0.369 e. The monoisotopic (exact) mass is 559 g/mol. The van der Waals surface area contributed by atoms with E-state index in [0.29, 0.717) is 27.8 Å². The Morgan fingerprint density at radius 3 is 2.58 bits per heavy atom. The second-order valence-corrected chi connectivity index (χ2v) is 11.0. The SMILES string of the molecule is CN(c1nc(-c2ccc(F)cc2)c(C#N)s1)c1ccnc2ccc(N3CCN(CC(=O)N4CC(F)C4)CC3)cc12. The van der Waals surface area contributed by atoms with Crippen LogP contribution >= 0.6 is 11.3 Å². The van der Waals surface area contributed by atoms with Gasteiger partial charge in [0, 0.05) is 56.1 Å². The summed E-state index contributed by atoms with van der Waals surface area (Å²) in [4.78, 5) is 30.1. The second kappa shape index (κ2) is 10.8. The number of hydrogen-bond acceptors (Lipinski definition) is 8. The zero-order valence-electron chi connectivity index (χ0n) is 21.9. The van der Waals surface area contributed by atoms with E-state index in [1.807, 2.05) is 24.1 Å². The summed E-state index contributed by atoms with van der Waals surface area (Å²) >= 11 is 1.29. The molecular formula is C29H27F2N7OS. The van der Waals surface area contributed by atoms with E-state index < -0.39 is 6.17 Å². The van der Waals surface area contributed by atoms with Gasteiger partial charge in [-0.1, -0.05) is 11.3 Å². The fourth-order valence-electron chi connectivity index (χ4n) is 5.13. The molecule has 4 heterocycles. The summed E-state index contributed by atoms with van der Waals surface area (Å²) in [6.07, 6.45) is 0.875. The van der Waals surface area contributed by atoms with Crippen LogP contribution in [-0.2, 0) is 4.79 Å². The molecule has 2 aromatic carbocycles. The molecule has 0 atom stereocenters. The first-order valence-corrected chi connectivity index (χ1v) is 13.9. The molecule has 0 bridgehead atoms. The Morgan fingerprint density at radius 1 is 1.12 bits per heavy atom. The number of rotatable bonds is 6. The molecule has 0 N–H and O–H groups in total. The average Bonchev–Trinajstić information content (AvgIpc) is 3.40. The summed E-state index contributed by atoms with van der Waals surface area (Å²) < 4.78 is 26.6. The maximum absolute atomic E-state index is 13.5. The number of hydrogen-bond donors (Lipinski definition) is 0. The van der Waals surface area contributed by atoms with Crippen molar-refractivity contribution in [3.8, 4) is 17.3 Å². The Hall–Kier alpha value is -4.14. The number of benzene rings is 2. The van der Waals surface area contributed by atoms with Gasteiger partial charge in [0.25, 0.3) is 0 Å². The Morgan fingerprint density at radius 2 is 1.88 bits per heavy atom. The molecule has 8 nitrogen and oxygen atoms in total. The molecule has 40 heavy (non-hydrogen) atoms. The second-order valence-electron chi connectivity index (χ2n) is 10.0. The summed E-state index contributed by atoms with van der Waals surface area (Å²) in [7, 11) is 1.91. The minimum Gasteiger partial charge on any atom is -0.369 e. The van der Waals surface area contributed by atoms with E-state index in [9.17, 15) is 18.8 Å². The number of alkyl halides is 1. The molecular weight excluding hydrogens is 532 g/mol. The zero-order valence-corrected chi connectivity index (χ0v) is 22.7. The van der Waals surface area contributed by atoms with Gasteiger partial charge in [0.05, 0.1) is 30.8 Å². The smallest absolute Gasteiger partial charge is 0.236 e. The van der Waals surface area contributed by atoms with Crippen molar-refractivity contribution in [1.82, 2.24) is 19.8 Å². The van der Waals surface area contributed by atoms with Crippen molar-refractivity contribution < 1.29 is 13.6 Å². The number of likely N-dealkylation sites (tertiary alicyclic amines) is 1. The lowest BCUT2D eigenvalue weighted by Gasteiger charge is -2.39. The van der Waals surface area contributed by atoms with Gasteiger partial charge in [-0.2, -0.15) is 5.26 Å². The van der Waals surface area contributed by atoms with Crippen molar-refractivity contribution in [3.63, 3.8) is 0 Å². The van der Waals surface area contributed by atoms with Crippen molar-refractivity contribution in [2.24, 2.45) is 0 Å². The molecule has 2 aliphatic rings. The molecule has 0 spiro atoms. The highest BCUT2D eigenvalue weighted by Gasteiger charge is 2.31. The molecule has 0 unspecified atom stereocenters. The maximum Gasteiger partial charge on any atom is 0.236 e. The number of anilines is 3. The van der Waals surface area contributed by atoms with Crippen LogP contribution in [0.1, 0.15) is 4.88 Å². The Balaban J connectivity index is 1.21. The van der Waals surface area contributed by atoms with Crippen LogP contribution in [0.3, 0.4) is 0 Å². The van der Waals surface area contributed by atoms with Crippen LogP contribution in [0.4, 0.5) is 25.3 Å². The summed E-state index contributed by atoms with van der Waals surface area (Å²) in [6.45, 7) is 3.80. The van der Waals surface area contributed by atoms with Gasteiger partial charge in [-0.05, 0) is 48.5 Å². The maximum atomic E-state index is 13.5. The fourth-order valence-corrected chi connectivity index (χ4v) is 5.99. The molecule has 0 radical (unpaired) electrons. The topological polar surface area (TPSA) is 79.6 Å². The molecule has 1 amide bonds. The first-order chi connectivity index (χ1) is 19.4. The first-order valence-electron chi connectivity index (χ1n) is 13.1. The van der Waals surface area contributed by atoms with Crippen molar-refractivity contribution >= 4 is 44.7 Å². The molecule has 11 heteroatoms. The number of nitriles is 1. The number of halogens is 2. The fraction of sp³-hybridized carbons (Fsp3) is 0.310. The number of thiazole rings is 1. The van der Waals surface area contributed by atoms with Gasteiger partial charge in [0.15, 0.2) is 5.13 Å². The van der Waals surface area contributed by atoms with E-state index in [1.165, 1.54) is 23.5 Å². The molecule has 0 saturated carbocycles. The van der Waals surface area contributed by atoms with E-state index in [0.717, 1.165) is 48.5 Å². The lowest BCUT2D eigenvalue weighted by atomic mass is 10.1. The third-order valence-electron chi connectivity index (χ3n) is 7.47. The Kier molecular flexibility index (Phi) is 7.04. The third kappa shape index (κ3) is 5.08. The van der Waals surface area contributed by atoms with Crippen molar-refractivity contribution in [3.05, 3.63) is 65.4 Å². The number of fused-ring (bicyclic) bond motifs is 1. The molecule has 204 valence electrons. The number of nitrogens with zero attached hydrogens (tertiary/aromatic N) is 7. The van der Waals surface area contributed by atoms with Crippen LogP contribution in [0.25, 0.3) is 22.2 Å². The van der Waals surface area contributed by atoms with Crippen molar-refractivity contribution in [2.75, 3.05) is 62.7 Å². The highest BCUT2D eigenvalue weighted by atomic mass is 32.1. The first kappa shape index (κ1) is 26.1. The van der Waals surface area contributed by atoms with Gasteiger partial charge in [0.2, 0.25) is 5.91 Å². The lowest BCUT2D eigenvalue weighted by molar-refractivity contribution is -0.139. The molecule has 2 saturated heterocycles. The number of carbonyl (C=O) groups excluding carboxylic acids is 1.